The first-order valence-corrected chi connectivity index (χ1v) is 7.06. The van der Waals surface area contributed by atoms with E-state index in [-0.39, 0.29) is 6.04 Å². The standard InChI is InChI=1S/C17H20N2/c1-13(17-8-4-5-11-18-17)19-12-15-6-2-3-7-16(15)14-9-10-14/h2-8,11,13-14,19H,9-10,12H2,1H3. The molecule has 1 aliphatic carbocycles. The fourth-order valence-electron chi connectivity index (χ4n) is 2.49. The molecule has 2 heteroatoms. The van der Waals surface area contributed by atoms with Gasteiger partial charge in [-0.05, 0) is 48.9 Å². The Hall–Kier alpha value is -1.67. The number of hydrogen-bond donors (Lipinski definition) is 1. The first kappa shape index (κ1) is 12.4. The molecule has 0 aliphatic heterocycles. The highest BCUT2D eigenvalue weighted by molar-refractivity contribution is 5.33. The minimum Gasteiger partial charge on any atom is -0.305 e. The van der Waals surface area contributed by atoms with Crippen LogP contribution >= 0.6 is 0 Å². The molecule has 1 N–H and O–H groups in total. The molecule has 2 nitrogen and oxygen atoms in total. The second kappa shape index (κ2) is 5.54. The molecule has 0 spiro atoms. The molecule has 2 aromatic rings. The van der Waals surface area contributed by atoms with Crippen molar-refractivity contribution in [3.05, 3.63) is 65.5 Å². The number of aromatic nitrogens is 1. The molecule has 1 aromatic heterocycles. The van der Waals surface area contributed by atoms with Crippen molar-refractivity contribution in [3.8, 4) is 0 Å². The zero-order valence-corrected chi connectivity index (χ0v) is 11.3. The summed E-state index contributed by atoms with van der Waals surface area (Å²) in [5.74, 6) is 0.808. The van der Waals surface area contributed by atoms with Gasteiger partial charge in [-0.2, -0.15) is 0 Å². The average Bonchev–Trinajstić information content (AvgIpc) is 3.30. The lowest BCUT2D eigenvalue weighted by atomic mass is 10.0. The second-order valence-electron chi connectivity index (χ2n) is 5.33. The highest BCUT2D eigenvalue weighted by atomic mass is 14.9. The third-order valence-electron chi connectivity index (χ3n) is 3.80. The van der Waals surface area contributed by atoms with E-state index in [4.69, 9.17) is 0 Å². The van der Waals surface area contributed by atoms with Crippen LogP contribution in [0.4, 0.5) is 0 Å². The third-order valence-corrected chi connectivity index (χ3v) is 3.80. The molecule has 0 saturated heterocycles. The molecular weight excluding hydrogens is 232 g/mol. The van der Waals surface area contributed by atoms with Gasteiger partial charge in [-0.25, -0.2) is 0 Å². The molecule has 0 amide bonds. The Bertz CT molecular complexity index is 532. The maximum Gasteiger partial charge on any atom is 0.0570 e. The van der Waals surface area contributed by atoms with Crippen molar-refractivity contribution >= 4 is 0 Å². The van der Waals surface area contributed by atoms with Crippen LogP contribution in [0.25, 0.3) is 0 Å². The van der Waals surface area contributed by atoms with Crippen LogP contribution in [0, 0.1) is 0 Å². The Morgan fingerprint density at radius 1 is 1.16 bits per heavy atom. The van der Waals surface area contributed by atoms with E-state index in [0.29, 0.717) is 0 Å². The van der Waals surface area contributed by atoms with Crippen LogP contribution < -0.4 is 5.32 Å². The van der Waals surface area contributed by atoms with E-state index in [1.54, 1.807) is 0 Å². The molecule has 1 heterocycles. The smallest absolute Gasteiger partial charge is 0.0570 e. The van der Waals surface area contributed by atoms with Crippen LogP contribution in [0.15, 0.2) is 48.7 Å². The van der Waals surface area contributed by atoms with Crippen molar-refractivity contribution in [2.75, 3.05) is 0 Å². The van der Waals surface area contributed by atoms with Gasteiger partial charge in [0.05, 0.1) is 5.69 Å². The Morgan fingerprint density at radius 3 is 2.68 bits per heavy atom. The molecule has 1 unspecified atom stereocenters. The van der Waals surface area contributed by atoms with Gasteiger partial charge >= 0.3 is 0 Å². The van der Waals surface area contributed by atoms with Gasteiger partial charge < -0.3 is 5.32 Å². The van der Waals surface area contributed by atoms with Crippen LogP contribution in [0.5, 0.6) is 0 Å². The summed E-state index contributed by atoms with van der Waals surface area (Å²) in [5.41, 5.74) is 4.07. The number of benzene rings is 1. The molecule has 1 aliphatic rings. The molecule has 1 fully saturated rings. The maximum atomic E-state index is 4.40. The van der Waals surface area contributed by atoms with Crippen LogP contribution in [-0.2, 0) is 6.54 Å². The second-order valence-corrected chi connectivity index (χ2v) is 5.33. The summed E-state index contributed by atoms with van der Waals surface area (Å²) in [7, 11) is 0. The summed E-state index contributed by atoms with van der Waals surface area (Å²) in [6.45, 7) is 3.09. The summed E-state index contributed by atoms with van der Waals surface area (Å²) >= 11 is 0. The summed E-state index contributed by atoms with van der Waals surface area (Å²) in [5, 5.41) is 3.58. The van der Waals surface area contributed by atoms with E-state index in [1.165, 1.54) is 24.0 Å². The van der Waals surface area contributed by atoms with E-state index in [1.807, 2.05) is 18.3 Å². The van der Waals surface area contributed by atoms with Crippen LogP contribution in [0.2, 0.25) is 0 Å². The zero-order chi connectivity index (χ0) is 13.1. The van der Waals surface area contributed by atoms with E-state index >= 15 is 0 Å². The van der Waals surface area contributed by atoms with Gasteiger partial charge in [0.2, 0.25) is 0 Å². The number of pyridine rings is 1. The molecular formula is C17H20N2. The number of rotatable bonds is 5. The maximum absolute atomic E-state index is 4.40. The number of nitrogens with zero attached hydrogens (tertiary/aromatic N) is 1. The molecule has 3 rings (SSSR count). The fraction of sp³-hybridized carbons (Fsp3) is 0.353. The zero-order valence-electron chi connectivity index (χ0n) is 11.3. The molecule has 1 saturated carbocycles. The third kappa shape index (κ3) is 3.02. The monoisotopic (exact) mass is 252 g/mol. The minimum absolute atomic E-state index is 0.286. The van der Waals surface area contributed by atoms with Gasteiger partial charge in [0, 0.05) is 18.8 Å². The van der Waals surface area contributed by atoms with Crippen molar-refractivity contribution < 1.29 is 0 Å². The fourth-order valence-corrected chi connectivity index (χ4v) is 2.49. The van der Waals surface area contributed by atoms with Gasteiger partial charge in [-0.3, -0.25) is 4.98 Å². The summed E-state index contributed by atoms with van der Waals surface area (Å²) in [4.78, 5) is 4.40. The van der Waals surface area contributed by atoms with Gasteiger partial charge in [0.25, 0.3) is 0 Å². The first-order valence-electron chi connectivity index (χ1n) is 7.06. The molecule has 0 radical (unpaired) electrons. The lowest BCUT2D eigenvalue weighted by Crippen LogP contribution is -2.19. The van der Waals surface area contributed by atoms with E-state index in [0.717, 1.165) is 18.2 Å². The lowest BCUT2D eigenvalue weighted by molar-refractivity contribution is 0.559. The Labute approximate surface area is 114 Å². The molecule has 0 bridgehead atoms. The molecule has 98 valence electrons. The molecule has 1 atom stereocenters. The minimum atomic E-state index is 0.286. The van der Waals surface area contributed by atoms with Gasteiger partial charge in [-0.15, -0.1) is 0 Å². The Kier molecular flexibility index (Phi) is 3.60. The number of nitrogens with one attached hydrogen (secondary N) is 1. The largest absolute Gasteiger partial charge is 0.305 e. The van der Waals surface area contributed by atoms with Crippen molar-refractivity contribution in [2.45, 2.75) is 38.3 Å². The van der Waals surface area contributed by atoms with Crippen molar-refractivity contribution in [2.24, 2.45) is 0 Å². The summed E-state index contributed by atoms with van der Waals surface area (Å²) < 4.78 is 0. The average molecular weight is 252 g/mol. The van der Waals surface area contributed by atoms with Crippen LogP contribution in [-0.4, -0.2) is 4.98 Å². The molecule has 1 aromatic carbocycles. The van der Waals surface area contributed by atoms with E-state index in [9.17, 15) is 0 Å². The Balaban J connectivity index is 1.66. The Morgan fingerprint density at radius 2 is 1.95 bits per heavy atom. The number of hydrogen-bond acceptors (Lipinski definition) is 2. The lowest BCUT2D eigenvalue weighted by Gasteiger charge is -2.15. The quantitative estimate of drug-likeness (QED) is 0.875. The van der Waals surface area contributed by atoms with Crippen molar-refractivity contribution in [1.82, 2.24) is 10.3 Å². The van der Waals surface area contributed by atoms with Crippen molar-refractivity contribution in [1.29, 1.82) is 0 Å². The van der Waals surface area contributed by atoms with Gasteiger partial charge in [-0.1, -0.05) is 30.3 Å². The predicted octanol–water partition coefficient (Wildman–Crippen LogP) is 3.81. The van der Waals surface area contributed by atoms with Gasteiger partial charge in [0.15, 0.2) is 0 Å². The van der Waals surface area contributed by atoms with E-state index < -0.39 is 0 Å². The highest BCUT2D eigenvalue weighted by Crippen LogP contribution is 2.41. The SMILES string of the molecule is CC(NCc1ccccc1C1CC1)c1ccccn1. The normalized spacial score (nSPS) is 16.3. The van der Waals surface area contributed by atoms with E-state index in [2.05, 4.69) is 47.6 Å². The van der Waals surface area contributed by atoms with Crippen molar-refractivity contribution in [3.63, 3.8) is 0 Å². The predicted molar refractivity (Wildman–Crippen MR) is 77.9 cm³/mol. The summed E-state index contributed by atoms with van der Waals surface area (Å²) in [6.07, 6.45) is 4.56. The summed E-state index contributed by atoms with van der Waals surface area (Å²) in [6, 6.07) is 15.2. The highest BCUT2D eigenvalue weighted by Gasteiger charge is 2.25. The topological polar surface area (TPSA) is 24.9 Å². The van der Waals surface area contributed by atoms with Crippen LogP contribution in [0.1, 0.15) is 48.5 Å². The van der Waals surface area contributed by atoms with Gasteiger partial charge in [0.1, 0.15) is 0 Å². The molecule has 19 heavy (non-hydrogen) atoms. The van der Waals surface area contributed by atoms with Crippen LogP contribution in [0.3, 0.4) is 0 Å². The first-order chi connectivity index (χ1) is 9.34.